The predicted octanol–water partition coefficient (Wildman–Crippen LogP) is 1.84. The van der Waals surface area contributed by atoms with Gasteiger partial charge in [0.05, 0.1) is 42.2 Å². The quantitative estimate of drug-likeness (QED) is 0.102. The van der Waals surface area contributed by atoms with Gasteiger partial charge in [-0.15, -0.1) is 0 Å². The van der Waals surface area contributed by atoms with Crippen LogP contribution in [0.4, 0.5) is 0 Å². The predicted molar refractivity (Wildman–Crippen MR) is 192 cm³/mol. The third-order valence-electron chi connectivity index (χ3n) is 9.37. The molecule has 2 aromatic heterocycles. The van der Waals surface area contributed by atoms with Crippen molar-refractivity contribution in [1.82, 2.24) is 14.8 Å². The number of aromatic nitrogens is 1. The summed E-state index contributed by atoms with van der Waals surface area (Å²) in [5.74, 6) is -0.0309. The lowest BCUT2D eigenvalue weighted by molar-refractivity contribution is -0.903. The number of rotatable bonds is 21. The van der Waals surface area contributed by atoms with E-state index in [1.54, 1.807) is 11.8 Å². The van der Waals surface area contributed by atoms with Crippen molar-refractivity contribution in [1.29, 1.82) is 0 Å². The van der Waals surface area contributed by atoms with Gasteiger partial charge in [-0.05, 0) is 30.5 Å². The molecule has 268 valence electrons. The summed E-state index contributed by atoms with van der Waals surface area (Å²) in [5, 5.41) is 3.40. The molecule has 4 aromatic rings. The second-order valence-electron chi connectivity index (χ2n) is 13.9. The van der Waals surface area contributed by atoms with Crippen molar-refractivity contribution in [3.05, 3.63) is 89.1 Å². The summed E-state index contributed by atoms with van der Waals surface area (Å²) in [6, 6.07) is 11.1. The minimum Gasteiger partial charge on any atom is -1.00 e. The first-order valence-corrected chi connectivity index (χ1v) is 17.7. The van der Waals surface area contributed by atoms with Crippen LogP contribution in [0.15, 0.2) is 60.0 Å². The first-order chi connectivity index (χ1) is 23.0. The number of nitrogens with one attached hydrogen (secondary N) is 1. The molecule has 1 N–H and O–H groups in total. The van der Waals surface area contributed by atoms with Crippen molar-refractivity contribution in [3.63, 3.8) is 0 Å². The SMILES string of the molecule is CCCCCCCCCCCC[N+](C)(C)Cc1ccc(CN(CCNCCn2c(=O)c3cc4c(=O)oc(=O)c4cc3c2=O)C(C)=O)cc1.[Br-]. The van der Waals surface area contributed by atoms with Gasteiger partial charge in [0.15, 0.2) is 0 Å². The fraction of sp³-hybridized carbons (Fsp3) is 0.553. The molecule has 11 heteroatoms. The molecule has 0 atom stereocenters. The van der Waals surface area contributed by atoms with Gasteiger partial charge in [-0.2, -0.15) is 0 Å². The molecule has 0 unspecified atom stereocenters. The molecule has 4 rings (SSSR count). The van der Waals surface area contributed by atoms with Crippen molar-refractivity contribution in [2.24, 2.45) is 0 Å². The number of benzene rings is 2. The first kappa shape index (κ1) is 40.0. The molecule has 0 aliphatic heterocycles. The van der Waals surface area contributed by atoms with E-state index in [0.29, 0.717) is 26.2 Å². The average molecular weight is 742 g/mol. The number of furan rings is 1. The van der Waals surface area contributed by atoms with Crippen LogP contribution in [-0.4, -0.2) is 60.1 Å². The molecule has 0 aliphatic carbocycles. The van der Waals surface area contributed by atoms with Crippen molar-refractivity contribution >= 4 is 27.5 Å². The number of carbonyl (C=O) groups is 1. The Labute approximate surface area is 299 Å². The van der Waals surface area contributed by atoms with Crippen LogP contribution >= 0.6 is 0 Å². The summed E-state index contributed by atoms with van der Waals surface area (Å²) in [6.07, 6.45) is 13.5. The number of unbranched alkanes of at least 4 members (excludes halogenated alkanes) is 9. The van der Waals surface area contributed by atoms with E-state index < -0.39 is 22.4 Å². The minimum absolute atomic E-state index is 0. The Morgan fingerprint density at radius 1 is 0.755 bits per heavy atom. The van der Waals surface area contributed by atoms with E-state index in [1.165, 1.54) is 81.9 Å². The molecule has 2 heterocycles. The first-order valence-electron chi connectivity index (χ1n) is 17.7. The number of nitrogens with zero attached hydrogens (tertiary/aromatic N) is 3. The van der Waals surface area contributed by atoms with Crippen molar-refractivity contribution in [2.45, 2.75) is 97.7 Å². The monoisotopic (exact) mass is 740 g/mol. The van der Waals surface area contributed by atoms with Crippen LogP contribution in [0.2, 0.25) is 0 Å². The average Bonchev–Trinajstić information content (AvgIpc) is 3.46. The second kappa shape index (κ2) is 19.1. The highest BCUT2D eigenvalue weighted by atomic mass is 79.9. The molecule has 49 heavy (non-hydrogen) atoms. The van der Waals surface area contributed by atoms with Gasteiger partial charge in [0.2, 0.25) is 5.91 Å². The van der Waals surface area contributed by atoms with Crippen LogP contribution in [0.3, 0.4) is 0 Å². The summed E-state index contributed by atoms with van der Waals surface area (Å²) in [5.41, 5.74) is -0.308. The Morgan fingerprint density at radius 2 is 1.27 bits per heavy atom. The lowest BCUT2D eigenvalue weighted by Gasteiger charge is -2.30. The van der Waals surface area contributed by atoms with E-state index in [4.69, 9.17) is 0 Å². The molecule has 10 nitrogen and oxygen atoms in total. The summed E-state index contributed by atoms with van der Waals surface area (Å²) in [7, 11) is 4.59. The Morgan fingerprint density at radius 3 is 1.80 bits per heavy atom. The lowest BCUT2D eigenvalue weighted by atomic mass is 10.1. The Bertz CT molecular complexity index is 1780. The number of hydrogen-bond donors (Lipinski definition) is 1. The number of amides is 1. The summed E-state index contributed by atoms with van der Waals surface area (Å²) in [6.45, 7) is 7.86. The van der Waals surface area contributed by atoms with Gasteiger partial charge in [0.1, 0.15) is 6.54 Å². The minimum atomic E-state index is -0.817. The third-order valence-corrected chi connectivity index (χ3v) is 9.37. The van der Waals surface area contributed by atoms with Gasteiger partial charge in [0.25, 0.3) is 11.1 Å². The molecule has 0 fully saturated rings. The third kappa shape index (κ3) is 11.3. The number of fused-ring (bicyclic) bond motifs is 2. The molecule has 2 aromatic carbocycles. The van der Waals surface area contributed by atoms with Crippen molar-refractivity contribution in [2.75, 3.05) is 40.3 Å². The highest BCUT2D eigenvalue weighted by molar-refractivity contribution is 5.97. The fourth-order valence-electron chi connectivity index (χ4n) is 6.52. The van der Waals surface area contributed by atoms with Crippen molar-refractivity contribution in [3.8, 4) is 0 Å². The maximum atomic E-state index is 12.9. The molecular weight excluding hydrogens is 688 g/mol. The summed E-state index contributed by atoms with van der Waals surface area (Å²) >= 11 is 0. The molecule has 0 saturated heterocycles. The van der Waals surface area contributed by atoms with Crippen LogP contribution in [0.5, 0.6) is 0 Å². The van der Waals surface area contributed by atoms with E-state index in [2.05, 4.69) is 55.0 Å². The number of halogens is 1. The van der Waals surface area contributed by atoms with Gasteiger partial charge < -0.3 is 36.1 Å². The van der Waals surface area contributed by atoms with E-state index >= 15 is 0 Å². The highest BCUT2D eigenvalue weighted by Crippen LogP contribution is 2.16. The number of hydrogen-bond acceptors (Lipinski definition) is 7. The van der Waals surface area contributed by atoms with Gasteiger partial charge in [-0.25, -0.2) is 9.59 Å². The van der Waals surface area contributed by atoms with Crippen molar-refractivity contribution < 1.29 is 30.7 Å². The van der Waals surface area contributed by atoms with Crippen LogP contribution in [-0.2, 0) is 24.4 Å². The van der Waals surface area contributed by atoms with E-state index in [1.807, 2.05) is 0 Å². The number of quaternary nitrogens is 1. The molecule has 0 radical (unpaired) electrons. The molecule has 0 saturated carbocycles. The van der Waals surface area contributed by atoms with E-state index in [0.717, 1.165) is 27.7 Å². The van der Waals surface area contributed by atoms with Gasteiger partial charge >= 0.3 is 11.3 Å². The maximum Gasteiger partial charge on any atom is 0.346 e. The Hall–Kier alpha value is -3.41. The zero-order valence-electron chi connectivity index (χ0n) is 29.7. The Balaban J connectivity index is 0.00000650. The van der Waals surface area contributed by atoms with Gasteiger partial charge in [0, 0.05) is 45.2 Å². The highest BCUT2D eigenvalue weighted by Gasteiger charge is 2.19. The molecule has 0 spiro atoms. The zero-order valence-corrected chi connectivity index (χ0v) is 31.2. The lowest BCUT2D eigenvalue weighted by Crippen LogP contribution is -3.00. The summed E-state index contributed by atoms with van der Waals surface area (Å²) < 4.78 is 6.63. The molecular formula is C38H53BrN4O6. The summed E-state index contributed by atoms with van der Waals surface area (Å²) in [4.78, 5) is 63.6. The van der Waals surface area contributed by atoms with Crippen LogP contribution < -0.4 is 44.7 Å². The van der Waals surface area contributed by atoms with Crippen LogP contribution in [0.1, 0.15) is 89.2 Å². The largest absolute Gasteiger partial charge is 1.00 e. The molecule has 1 amide bonds. The molecule has 0 aliphatic rings. The maximum absolute atomic E-state index is 12.9. The van der Waals surface area contributed by atoms with E-state index in [-0.39, 0.29) is 51.0 Å². The van der Waals surface area contributed by atoms with E-state index in [9.17, 15) is 24.0 Å². The van der Waals surface area contributed by atoms with Gasteiger partial charge in [-0.3, -0.25) is 19.0 Å². The standard InChI is InChI=1S/C38H53N4O6.BrH/c1-5-6-7-8-9-10-11-12-13-14-23-42(3,4)27-30-17-15-29(16-18-30)26-40(28(2)43)21-19-39-20-22-41-35(44)31-24-33-34(25-32(31)36(41)45)38(47)48-37(33)46;/h15-18,24-25,39H,5-14,19-23,26-27H2,1-4H3;1H/q+1;/p-1. The topological polar surface area (TPSA) is 119 Å². The molecule has 0 bridgehead atoms. The van der Waals surface area contributed by atoms with Gasteiger partial charge in [-0.1, -0.05) is 82.6 Å². The smallest absolute Gasteiger partial charge is 0.346 e. The van der Waals surface area contributed by atoms with Crippen LogP contribution in [0, 0.1) is 0 Å². The second-order valence-corrected chi connectivity index (χ2v) is 13.9. The van der Waals surface area contributed by atoms with Crippen LogP contribution in [0.25, 0.3) is 21.5 Å². The fourth-order valence-corrected chi connectivity index (χ4v) is 6.52. The zero-order chi connectivity index (χ0) is 34.7. The number of carbonyl (C=O) groups excluding carboxylic acids is 1. The normalized spacial score (nSPS) is 11.8. The Kier molecular flexibility index (Phi) is 15.6.